The van der Waals surface area contributed by atoms with Crippen LogP contribution in [-0.2, 0) is 6.54 Å². The SMILES string of the molecule is O=Nc1c(Br)c(Br)cc2c1nc(C1CCNCC1)n2CC1CCNCC1. The Bertz CT molecular complexity index is 810. The van der Waals surface area contributed by atoms with Crippen LogP contribution >= 0.6 is 31.9 Å². The van der Waals surface area contributed by atoms with Crippen LogP contribution in [0.2, 0.25) is 0 Å². The molecular formula is C18H23Br2N5O. The summed E-state index contributed by atoms with van der Waals surface area (Å²) in [5.74, 6) is 2.20. The Kier molecular flexibility index (Phi) is 5.73. The highest BCUT2D eigenvalue weighted by molar-refractivity contribution is 9.13. The lowest BCUT2D eigenvalue weighted by atomic mass is 9.95. The second-order valence-electron chi connectivity index (χ2n) is 7.28. The van der Waals surface area contributed by atoms with Crippen LogP contribution in [0.15, 0.2) is 20.2 Å². The fourth-order valence-electron chi connectivity index (χ4n) is 4.19. The van der Waals surface area contributed by atoms with E-state index in [2.05, 4.69) is 58.3 Å². The summed E-state index contributed by atoms with van der Waals surface area (Å²) in [5, 5.41) is 10.2. The highest BCUT2D eigenvalue weighted by Crippen LogP contribution is 2.41. The van der Waals surface area contributed by atoms with Gasteiger partial charge in [0.2, 0.25) is 0 Å². The maximum absolute atomic E-state index is 11.5. The summed E-state index contributed by atoms with van der Waals surface area (Å²) in [6, 6.07) is 2.08. The molecule has 0 unspecified atom stereocenters. The number of hydrogen-bond acceptors (Lipinski definition) is 5. The first-order valence-corrected chi connectivity index (χ1v) is 10.9. The first-order valence-electron chi connectivity index (χ1n) is 9.32. The number of benzene rings is 1. The van der Waals surface area contributed by atoms with Crippen molar-refractivity contribution < 1.29 is 0 Å². The Morgan fingerprint density at radius 2 is 1.77 bits per heavy atom. The van der Waals surface area contributed by atoms with E-state index in [4.69, 9.17) is 4.98 Å². The Morgan fingerprint density at radius 1 is 1.12 bits per heavy atom. The predicted molar refractivity (Wildman–Crippen MR) is 111 cm³/mol. The van der Waals surface area contributed by atoms with E-state index in [0.29, 0.717) is 22.0 Å². The molecule has 2 aliphatic heterocycles. The van der Waals surface area contributed by atoms with Gasteiger partial charge in [-0.15, -0.1) is 4.91 Å². The highest BCUT2D eigenvalue weighted by atomic mass is 79.9. The number of aromatic nitrogens is 2. The van der Waals surface area contributed by atoms with Gasteiger partial charge in [0, 0.05) is 16.9 Å². The van der Waals surface area contributed by atoms with Crippen molar-refractivity contribution in [2.45, 2.75) is 38.1 Å². The number of piperidine rings is 2. The number of rotatable bonds is 4. The highest BCUT2D eigenvalue weighted by Gasteiger charge is 2.27. The van der Waals surface area contributed by atoms with E-state index in [1.54, 1.807) is 0 Å². The van der Waals surface area contributed by atoms with Crippen molar-refractivity contribution >= 4 is 48.6 Å². The number of nitrogens with one attached hydrogen (secondary N) is 2. The molecule has 0 bridgehead atoms. The van der Waals surface area contributed by atoms with Crippen LogP contribution in [0.25, 0.3) is 11.0 Å². The average molecular weight is 485 g/mol. The summed E-state index contributed by atoms with van der Waals surface area (Å²) in [6.07, 6.45) is 4.53. The third kappa shape index (κ3) is 3.48. The van der Waals surface area contributed by atoms with Gasteiger partial charge in [-0.1, -0.05) is 0 Å². The minimum absolute atomic E-state index is 0.397. The third-order valence-corrected chi connectivity index (χ3v) is 7.60. The fraction of sp³-hybridized carbons (Fsp3) is 0.611. The molecule has 0 amide bonds. The standard InChI is InChI=1S/C18H23Br2N5O/c19-13-9-14-16(17(24-26)15(13)20)23-18(12-3-7-22-8-4-12)25(14)10-11-1-5-21-6-2-11/h9,11-12,21-22H,1-8,10H2. The van der Waals surface area contributed by atoms with Gasteiger partial charge in [0.25, 0.3) is 0 Å². The zero-order valence-electron chi connectivity index (χ0n) is 14.6. The summed E-state index contributed by atoms with van der Waals surface area (Å²) in [6.45, 7) is 5.16. The lowest BCUT2D eigenvalue weighted by Gasteiger charge is -2.27. The predicted octanol–water partition coefficient (Wildman–Crippen LogP) is 4.43. The zero-order chi connectivity index (χ0) is 18.1. The molecule has 140 valence electrons. The maximum atomic E-state index is 11.5. The number of halogens is 2. The molecule has 3 heterocycles. The molecule has 2 N–H and O–H groups in total. The molecule has 26 heavy (non-hydrogen) atoms. The van der Waals surface area contributed by atoms with Crippen molar-refractivity contribution in [3.63, 3.8) is 0 Å². The molecule has 0 aliphatic carbocycles. The van der Waals surface area contributed by atoms with Crippen LogP contribution in [0.1, 0.15) is 37.4 Å². The zero-order valence-corrected chi connectivity index (χ0v) is 17.8. The van der Waals surface area contributed by atoms with E-state index >= 15 is 0 Å². The Balaban J connectivity index is 1.83. The van der Waals surface area contributed by atoms with E-state index < -0.39 is 0 Å². The van der Waals surface area contributed by atoms with Crippen LogP contribution in [0, 0.1) is 10.8 Å². The lowest BCUT2D eigenvalue weighted by molar-refractivity contribution is 0.326. The van der Waals surface area contributed by atoms with Crippen molar-refractivity contribution in [1.29, 1.82) is 0 Å². The molecule has 0 radical (unpaired) electrons. The molecule has 0 saturated carbocycles. The Hall–Kier alpha value is -0.830. The molecule has 6 nitrogen and oxygen atoms in total. The van der Waals surface area contributed by atoms with Crippen molar-refractivity contribution in [2.24, 2.45) is 11.1 Å². The van der Waals surface area contributed by atoms with Crippen molar-refractivity contribution in [2.75, 3.05) is 26.2 Å². The summed E-state index contributed by atoms with van der Waals surface area (Å²) < 4.78 is 3.90. The van der Waals surface area contributed by atoms with Gasteiger partial charge in [0.05, 0.1) is 9.99 Å². The van der Waals surface area contributed by atoms with Crippen molar-refractivity contribution in [3.8, 4) is 0 Å². The van der Waals surface area contributed by atoms with Crippen LogP contribution < -0.4 is 10.6 Å². The number of nitrogens with zero attached hydrogens (tertiary/aromatic N) is 3. The van der Waals surface area contributed by atoms with E-state index in [1.165, 1.54) is 12.8 Å². The minimum Gasteiger partial charge on any atom is -0.327 e. The van der Waals surface area contributed by atoms with Crippen LogP contribution in [0.5, 0.6) is 0 Å². The average Bonchev–Trinajstić information content (AvgIpc) is 3.02. The molecule has 2 fully saturated rings. The van der Waals surface area contributed by atoms with Crippen LogP contribution in [0.4, 0.5) is 5.69 Å². The Morgan fingerprint density at radius 3 is 2.42 bits per heavy atom. The van der Waals surface area contributed by atoms with E-state index in [9.17, 15) is 4.91 Å². The largest absolute Gasteiger partial charge is 0.327 e. The minimum atomic E-state index is 0.397. The number of imidazole rings is 1. The van der Waals surface area contributed by atoms with E-state index in [-0.39, 0.29) is 0 Å². The van der Waals surface area contributed by atoms with Crippen LogP contribution in [-0.4, -0.2) is 35.7 Å². The Labute approximate surface area is 169 Å². The van der Waals surface area contributed by atoms with Gasteiger partial charge >= 0.3 is 0 Å². The summed E-state index contributed by atoms with van der Waals surface area (Å²) in [5.41, 5.74) is 2.13. The third-order valence-electron chi connectivity index (χ3n) is 5.64. The molecule has 0 atom stereocenters. The molecule has 1 aromatic heterocycles. The molecule has 4 rings (SSSR count). The molecule has 0 spiro atoms. The van der Waals surface area contributed by atoms with Gasteiger partial charge in [0.15, 0.2) is 5.69 Å². The monoisotopic (exact) mass is 483 g/mol. The molecular weight excluding hydrogens is 462 g/mol. The molecule has 1 aromatic carbocycles. The smallest absolute Gasteiger partial charge is 0.151 e. The topological polar surface area (TPSA) is 71.3 Å². The van der Waals surface area contributed by atoms with Crippen molar-refractivity contribution in [3.05, 3.63) is 25.7 Å². The molecule has 8 heteroatoms. The van der Waals surface area contributed by atoms with E-state index in [1.807, 2.05) is 0 Å². The van der Waals surface area contributed by atoms with Crippen molar-refractivity contribution in [1.82, 2.24) is 20.2 Å². The summed E-state index contributed by atoms with van der Waals surface area (Å²) >= 11 is 7.05. The normalized spacial score (nSPS) is 19.9. The van der Waals surface area contributed by atoms with Gasteiger partial charge in [-0.2, -0.15) is 0 Å². The summed E-state index contributed by atoms with van der Waals surface area (Å²) in [4.78, 5) is 16.5. The lowest BCUT2D eigenvalue weighted by Crippen LogP contribution is -2.31. The van der Waals surface area contributed by atoms with Gasteiger partial charge in [-0.3, -0.25) is 0 Å². The summed E-state index contributed by atoms with van der Waals surface area (Å²) in [7, 11) is 0. The quantitative estimate of drug-likeness (QED) is 0.630. The second-order valence-corrected chi connectivity index (χ2v) is 8.93. The first kappa shape index (κ1) is 18.5. The number of hydrogen-bond donors (Lipinski definition) is 2. The van der Waals surface area contributed by atoms with E-state index in [0.717, 1.165) is 66.9 Å². The van der Waals surface area contributed by atoms with Gasteiger partial charge in [0.1, 0.15) is 11.3 Å². The molecule has 2 aromatic rings. The second kappa shape index (κ2) is 8.04. The van der Waals surface area contributed by atoms with Crippen LogP contribution in [0.3, 0.4) is 0 Å². The molecule has 2 aliphatic rings. The number of nitroso groups, excluding NO2 is 1. The van der Waals surface area contributed by atoms with Gasteiger partial charge in [-0.05, 0) is 101 Å². The first-order chi connectivity index (χ1) is 12.7. The van der Waals surface area contributed by atoms with Gasteiger partial charge in [-0.25, -0.2) is 4.98 Å². The fourth-order valence-corrected chi connectivity index (χ4v) is 4.97. The molecule has 2 saturated heterocycles. The van der Waals surface area contributed by atoms with Gasteiger partial charge < -0.3 is 15.2 Å². The number of fused-ring (bicyclic) bond motifs is 1. The maximum Gasteiger partial charge on any atom is 0.151 e.